The van der Waals surface area contributed by atoms with Crippen molar-refractivity contribution in [2.24, 2.45) is 0 Å². The van der Waals surface area contributed by atoms with Crippen LogP contribution in [0.3, 0.4) is 0 Å². The molecule has 0 aliphatic carbocycles. The van der Waals surface area contributed by atoms with Crippen molar-refractivity contribution in [3.8, 4) is 0 Å². The summed E-state index contributed by atoms with van der Waals surface area (Å²) in [6.45, 7) is 0.371. The zero-order chi connectivity index (χ0) is 22.2. The summed E-state index contributed by atoms with van der Waals surface area (Å²) in [5, 5.41) is 8.40. The predicted molar refractivity (Wildman–Crippen MR) is 127 cm³/mol. The van der Waals surface area contributed by atoms with Gasteiger partial charge >= 0.3 is 0 Å². The Morgan fingerprint density at radius 3 is 2.35 bits per heavy atom. The topological polar surface area (TPSA) is 61.4 Å². The molecule has 2 aromatic carbocycles. The Balaban J connectivity index is 1.73. The van der Waals surface area contributed by atoms with Crippen LogP contribution >= 0.6 is 22.9 Å². The molecule has 2 atom stereocenters. The smallest absolute Gasteiger partial charge is 0.262 e. The van der Waals surface area contributed by atoms with Crippen LogP contribution in [0.5, 0.6) is 0 Å². The normalized spacial score (nSPS) is 12.9. The van der Waals surface area contributed by atoms with E-state index in [0.29, 0.717) is 22.9 Å². The quantitative estimate of drug-likeness (QED) is 0.509. The van der Waals surface area contributed by atoms with Crippen molar-refractivity contribution in [3.63, 3.8) is 0 Å². The molecule has 2 amide bonds. The third-order valence-corrected chi connectivity index (χ3v) is 6.22. The second-order valence-electron chi connectivity index (χ2n) is 7.44. The molecular formula is C24H26ClN3O2S. The molecule has 3 rings (SSSR count). The van der Waals surface area contributed by atoms with Gasteiger partial charge in [-0.1, -0.05) is 66.2 Å². The van der Waals surface area contributed by atoms with Crippen molar-refractivity contribution in [1.29, 1.82) is 0 Å². The maximum Gasteiger partial charge on any atom is 0.262 e. The molecule has 3 aromatic rings. The Morgan fingerprint density at radius 1 is 1.00 bits per heavy atom. The number of carbonyl (C=O) groups is 2. The largest absolute Gasteiger partial charge is 0.352 e. The van der Waals surface area contributed by atoms with Gasteiger partial charge in [0.1, 0.15) is 6.04 Å². The van der Waals surface area contributed by atoms with Crippen LogP contribution in [0.1, 0.15) is 26.8 Å². The summed E-state index contributed by atoms with van der Waals surface area (Å²) in [7, 11) is 3.89. The van der Waals surface area contributed by atoms with Gasteiger partial charge < -0.3 is 15.5 Å². The molecule has 1 aromatic heterocycles. The first-order chi connectivity index (χ1) is 15.0. The van der Waals surface area contributed by atoms with Crippen molar-refractivity contribution in [2.75, 3.05) is 20.6 Å². The fraction of sp³-hybridized carbons (Fsp3) is 0.250. The van der Waals surface area contributed by atoms with Crippen molar-refractivity contribution < 1.29 is 9.59 Å². The standard InChI is InChI=1S/C24H26ClN3O2S/c1-28(2)21(18-11-6-7-12-19(18)25)16-26-23(29)20(15-17-9-4-3-5-10-17)27-24(30)22-13-8-14-31-22/h3-14,20-21H,15-16H2,1-2H3,(H,26,29)(H,27,30)/t20-,21-/m0/s1. The first-order valence-electron chi connectivity index (χ1n) is 10.0. The lowest BCUT2D eigenvalue weighted by Crippen LogP contribution is -2.49. The van der Waals surface area contributed by atoms with E-state index in [1.807, 2.05) is 85.0 Å². The highest BCUT2D eigenvalue weighted by Gasteiger charge is 2.24. The molecule has 0 aliphatic rings. The molecule has 0 fully saturated rings. The molecule has 5 nitrogen and oxygen atoms in total. The number of hydrogen-bond acceptors (Lipinski definition) is 4. The highest BCUT2D eigenvalue weighted by Crippen LogP contribution is 2.25. The summed E-state index contributed by atoms with van der Waals surface area (Å²) in [5.74, 6) is -0.478. The highest BCUT2D eigenvalue weighted by atomic mass is 35.5. The van der Waals surface area contributed by atoms with Gasteiger partial charge in [0.2, 0.25) is 5.91 Å². The minimum Gasteiger partial charge on any atom is -0.352 e. The highest BCUT2D eigenvalue weighted by molar-refractivity contribution is 7.12. The molecule has 0 saturated carbocycles. The molecule has 0 spiro atoms. The fourth-order valence-corrected chi connectivity index (χ4v) is 4.22. The van der Waals surface area contributed by atoms with E-state index in [4.69, 9.17) is 11.6 Å². The molecule has 7 heteroatoms. The average Bonchev–Trinajstić information content (AvgIpc) is 3.30. The molecule has 0 radical (unpaired) electrons. The van der Waals surface area contributed by atoms with Crippen LogP contribution in [0.15, 0.2) is 72.1 Å². The first kappa shape index (κ1) is 23.0. The van der Waals surface area contributed by atoms with Gasteiger partial charge in [0, 0.05) is 18.0 Å². The molecule has 162 valence electrons. The second kappa shape index (κ2) is 11.1. The lowest BCUT2D eigenvalue weighted by Gasteiger charge is -2.27. The molecular weight excluding hydrogens is 430 g/mol. The second-order valence-corrected chi connectivity index (χ2v) is 8.79. The summed E-state index contributed by atoms with van der Waals surface area (Å²) in [6.07, 6.45) is 0.405. The number of halogens is 1. The molecule has 0 unspecified atom stereocenters. The number of benzene rings is 2. The van der Waals surface area contributed by atoms with Crippen LogP contribution in [0.4, 0.5) is 0 Å². The van der Waals surface area contributed by atoms with E-state index < -0.39 is 6.04 Å². The van der Waals surface area contributed by atoms with E-state index in [2.05, 4.69) is 10.6 Å². The van der Waals surface area contributed by atoms with Crippen molar-refractivity contribution in [2.45, 2.75) is 18.5 Å². The van der Waals surface area contributed by atoms with Gasteiger partial charge in [-0.05, 0) is 42.7 Å². The minimum absolute atomic E-state index is 0.0944. The van der Waals surface area contributed by atoms with E-state index in [9.17, 15) is 9.59 Å². The number of thiophene rings is 1. The Kier molecular flexibility index (Phi) is 8.23. The molecule has 0 aliphatic heterocycles. The Morgan fingerprint density at radius 2 is 1.71 bits per heavy atom. The Bertz CT molecular complexity index is 993. The van der Waals surface area contributed by atoms with Crippen LogP contribution in [-0.4, -0.2) is 43.4 Å². The van der Waals surface area contributed by atoms with Crippen molar-refractivity contribution in [1.82, 2.24) is 15.5 Å². The Labute approximate surface area is 192 Å². The van der Waals surface area contributed by atoms with E-state index in [0.717, 1.165) is 11.1 Å². The van der Waals surface area contributed by atoms with E-state index in [-0.39, 0.29) is 17.9 Å². The predicted octanol–water partition coefficient (Wildman–Crippen LogP) is 4.16. The van der Waals surface area contributed by atoms with Crippen molar-refractivity contribution in [3.05, 3.63) is 93.1 Å². The Hall–Kier alpha value is -2.67. The van der Waals surface area contributed by atoms with E-state index >= 15 is 0 Å². The average molecular weight is 456 g/mol. The molecule has 0 bridgehead atoms. The fourth-order valence-electron chi connectivity index (χ4n) is 3.33. The lowest BCUT2D eigenvalue weighted by molar-refractivity contribution is -0.123. The third-order valence-electron chi connectivity index (χ3n) is 5.01. The summed E-state index contributed by atoms with van der Waals surface area (Å²) in [5.41, 5.74) is 1.92. The number of hydrogen-bond donors (Lipinski definition) is 2. The third kappa shape index (κ3) is 6.40. The zero-order valence-electron chi connectivity index (χ0n) is 17.5. The van der Waals surface area contributed by atoms with Crippen LogP contribution in [0.25, 0.3) is 0 Å². The van der Waals surface area contributed by atoms with Crippen molar-refractivity contribution >= 4 is 34.8 Å². The molecule has 2 N–H and O–H groups in total. The van der Waals surface area contributed by atoms with Gasteiger partial charge in [-0.2, -0.15) is 0 Å². The summed E-state index contributed by atoms with van der Waals surface area (Å²) in [6, 6.07) is 20.1. The lowest BCUT2D eigenvalue weighted by atomic mass is 10.0. The SMILES string of the molecule is CN(C)[C@@H](CNC(=O)[C@H](Cc1ccccc1)NC(=O)c1cccs1)c1ccccc1Cl. The monoisotopic (exact) mass is 455 g/mol. The summed E-state index contributed by atoms with van der Waals surface area (Å²) in [4.78, 5) is 28.3. The zero-order valence-corrected chi connectivity index (χ0v) is 19.1. The minimum atomic E-state index is -0.689. The van der Waals surface area contributed by atoms with Gasteiger partial charge in [0.15, 0.2) is 0 Å². The van der Waals surface area contributed by atoms with E-state index in [1.54, 1.807) is 6.07 Å². The number of amides is 2. The van der Waals surface area contributed by atoms with Gasteiger partial charge in [-0.3, -0.25) is 9.59 Å². The van der Waals surface area contributed by atoms with Crippen LogP contribution < -0.4 is 10.6 Å². The van der Waals surface area contributed by atoms with Gasteiger partial charge in [-0.15, -0.1) is 11.3 Å². The number of likely N-dealkylation sites (N-methyl/N-ethyl adjacent to an activating group) is 1. The maximum absolute atomic E-state index is 13.1. The molecule has 1 heterocycles. The summed E-state index contributed by atoms with van der Waals surface area (Å²) < 4.78 is 0. The molecule has 31 heavy (non-hydrogen) atoms. The van der Waals surface area contributed by atoms with Crippen LogP contribution in [0, 0.1) is 0 Å². The number of carbonyl (C=O) groups excluding carboxylic acids is 2. The van der Waals surface area contributed by atoms with Crippen LogP contribution in [-0.2, 0) is 11.2 Å². The summed E-state index contributed by atoms with van der Waals surface area (Å²) >= 11 is 7.73. The van der Waals surface area contributed by atoms with E-state index in [1.165, 1.54) is 11.3 Å². The van der Waals surface area contributed by atoms with Gasteiger partial charge in [-0.25, -0.2) is 0 Å². The maximum atomic E-state index is 13.1. The van der Waals surface area contributed by atoms with Gasteiger partial charge in [0.05, 0.1) is 10.9 Å². The number of nitrogens with one attached hydrogen (secondary N) is 2. The number of rotatable bonds is 9. The molecule has 0 saturated heterocycles. The van der Waals surface area contributed by atoms with Crippen LogP contribution in [0.2, 0.25) is 5.02 Å². The number of nitrogens with zero attached hydrogens (tertiary/aromatic N) is 1. The van der Waals surface area contributed by atoms with Gasteiger partial charge in [0.25, 0.3) is 5.91 Å². The first-order valence-corrected chi connectivity index (χ1v) is 11.3.